The zero-order valence-electron chi connectivity index (χ0n) is 35.7. The third kappa shape index (κ3) is 9.45. The van der Waals surface area contributed by atoms with Gasteiger partial charge in [-0.3, -0.25) is 9.59 Å². The Hall–Kier alpha value is -5.42. The van der Waals surface area contributed by atoms with E-state index < -0.39 is 22.0 Å². The molecule has 3 aliphatic rings. The maximum Gasteiger partial charge on any atom is 0.494 e. The zero-order valence-corrected chi connectivity index (χ0v) is 37.3. The maximum atomic E-state index is 12.6. The number of H-pyrrole nitrogens is 1. The van der Waals surface area contributed by atoms with Crippen molar-refractivity contribution >= 4 is 57.0 Å². The number of hydrogen-bond donors (Lipinski definition) is 3. The number of fused-ring (bicyclic) bond motifs is 1. The average Bonchev–Trinajstić information content (AvgIpc) is 4.06. The van der Waals surface area contributed by atoms with Gasteiger partial charge in [-0.2, -0.15) is 4.98 Å². The number of amides is 2. The second kappa shape index (κ2) is 17.3. The zero-order chi connectivity index (χ0) is 44.8. The lowest BCUT2D eigenvalue weighted by molar-refractivity contribution is 0.00578. The van der Waals surface area contributed by atoms with Crippen molar-refractivity contribution in [2.45, 2.75) is 69.1 Å². The number of aliphatic hydroxyl groups is 2. The second-order valence-corrected chi connectivity index (χ2v) is 19.7. The molecule has 63 heavy (non-hydrogen) atoms. The van der Waals surface area contributed by atoms with E-state index in [1.807, 2.05) is 113 Å². The lowest BCUT2D eigenvalue weighted by atomic mass is 9.78. The van der Waals surface area contributed by atoms with Gasteiger partial charge in [0.25, 0.3) is 11.8 Å². The van der Waals surface area contributed by atoms with Crippen LogP contribution in [0.25, 0.3) is 44.7 Å². The number of aromatic nitrogens is 3. The van der Waals surface area contributed by atoms with E-state index in [9.17, 15) is 28.2 Å². The van der Waals surface area contributed by atoms with Gasteiger partial charge in [0.1, 0.15) is 0 Å². The van der Waals surface area contributed by atoms with Crippen molar-refractivity contribution in [3.05, 3.63) is 119 Å². The van der Waals surface area contributed by atoms with Gasteiger partial charge in [0.15, 0.2) is 5.65 Å². The number of pyridine rings is 1. The third-order valence-corrected chi connectivity index (χ3v) is 13.4. The summed E-state index contributed by atoms with van der Waals surface area (Å²) in [7, 11) is -3.86. The van der Waals surface area contributed by atoms with E-state index in [1.54, 1.807) is 28.0 Å². The highest BCUT2D eigenvalue weighted by molar-refractivity contribution is 7.90. The van der Waals surface area contributed by atoms with Gasteiger partial charge < -0.3 is 34.3 Å². The van der Waals surface area contributed by atoms with Crippen molar-refractivity contribution in [3.63, 3.8) is 0 Å². The van der Waals surface area contributed by atoms with Gasteiger partial charge in [-0.05, 0) is 98.6 Å². The van der Waals surface area contributed by atoms with Crippen molar-refractivity contribution in [1.82, 2.24) is 24.8 Å². The van der Waals surface area contributed by atoms with Gasteiger partial charge in [0.2, 0.25) is 15.0 Å². The Kier molecular flexibility index (Phi) is 12.1. The van der Waals surface area contributed by atoms with Crippen LogP contribution in [0, 0.1) is 0 Å². The number of nitrogens with zero attached hydrogens (tertiary/aromatic N) is 4. The van der Waals surface area contributed by atoms with Gasteiger partial charge in [-0.1, -0.05) is 84.4 Å². The lowest BCUT2D eigenvalue weighted by Crippen LogP contribution is -2.41. The average molecular weight is 890 g/mol. The molecule has 0 aliphatic carbocycles. The molecule has 2 atom stereocenters. The predicted octanol–water partition coefficient (Wildman–Crippen LogP) is 6.42. The summed E-state index contributed by atoms with van der Waals surface area (Å²) >= 11 is 6.42. The van der Waals surface area contributed by atoms with Gasteiger partial charge in [-0.25, -0.2) is 13.4 Å². The number of aromatic amines is 1. The van der Waals surface area contributed by atoms with Crippen molar-refractivity contribution in [3.8, 4) is 33.5 Å². The van der Waals surface area contributed by atoms with Crippen LogP contribution in [0.5, 0.6) is 0 Å². The van der Waals surface area contributed by atoms with Crippen LogP contribution >= 0.6 is 11.6 Å². The molecule has 13 nitrogen and oxygen atoms in total. The molecule has 326 valence electrons. The van der Waals surface area contributed by atoms with Crippen molar-refractivity contribution in [2.75, 3.05) is 32.4 Å². The summed E-state index contributed by atoms with van der Waals surface area (Å²) in [6.45, 7) is 10.2. The van der Waals surface area contributed by atoms with E-state index in [0.29, 0.717) is 66.4 Å². The van der Waals surface area contributed by atoms with Crippen LogP contribution < -0.4 is 5.46 Å². The number of nitrogens with one attached hydrogen (secondary N) is 1. The predicted molar refractivity (Wildman–Crippen MR) is 244 cm³/mol. The molecule has 3 saturated heterocycles. The number of halogens is 1. The monoisotopic (exact) mass is 889 g/mol. The lowest BCUT2D eigenvalue weighted by Gasteiger charge is -2.32. The Morgan fingerprint density at radius 2 is 1.11 bits per heavy atom. The van der Waals surface area contributed by atoms with Crippen LogP contribution in [0.15, 0.2) is 108 Å². The normalized spacial score (nSPS) is 19.3. The highest BCUT2D eigenvalue weighted by Gasteiger charge is 2.51. The minimum absolute atomic E-state index is 0.0239. The molecule has 3 aliphatic heterocycles. The number of carbonyl (C=O) groups is 2. The van der Waals surface area contributed by atoms with E-state index in [0.717, 1.165) is 39.5 Å². The third-order valence-electron chi connectivity index (χ3n) is 12.2. The maximum absolute atomic E-state index is 12.6. The van der Waals surface area contributed by atoms with Crippen LogP contribution in [0.1, 0.15) is 61.3 Å². The van der Waals surface area contributed by atoms with E-state index in [4.69, 9.17) is 20.9 Å². The standard InChI is InChI=1S/C24H21ClN4O4S.C23H28BNO4/c1-34(32,33)24-26-20-12-19(25)21(27-22(20)28-24)16-6-2-14(3-7-16)15-4-8-17(9-5-15)23(31)29-11-10-18(30)13-29;1-22(2)23(3,4)29-24(28-22)19-11-9-17(10-12-19)16-5-7-18(8-6-16)21(27)25-14-13-20(26)15-25/h2-9,12,18,30H,10-11,13H2,1H3,(H,26,27,28);5-12,20,26H,13-15H2,1-4H3/t18-;20-/m11/s1. The SMILES string of the molecule is CC1(C)OB(c2ccc(-c3ccc(C(=O)N4CC[C@@H](O)C4)cc3)cc2)OC1(C)C.CS(=O)(=O)c1nc2nc(-c3ccc(-c4ccc(C(=O)N5CC[C@@H](O)C5)cc4)cc3)c(Cl)cc2[nH]1. The molecule has 0 radical (unpaired) electrons. The molecule has 4 aromatic carbocycles. The molecular formula is C47H49BClN5O8S. The molecule has 5 heterocycles. The van der Waals surface area contributed by atoms with Gasteiger partial charge >= 0.3 is 7.12 Å². The Morgan fingerprint density at radius 3 is 1.52 bits per heavy atom. The molecular weight excluding hydrogens is 841 g/mol. The first-order chi connectivity index (χ1) is 29.8. The fraction of sp³-hybridized carbons (Fsp3) is 0.319. The number of β-amino-alcohol motifs (C(OH)–C–C–N with tert-alkyl or cyclic N) is 2. The highest BCUT2D eigenvalue weighted by atomic mass is 35.5. The van der Waals surface area contributed by atoms with Gasteiger partial charge in [-0.15, -0.1) is 0 Å². The number of hydrogen-bond acceptors (Lipinski definition) is 10. The highest BCUT2D eigenvalue weighted by Crippen LogP contribution is 2.37. The van der Waals surface area contributed by atoms with Crippen LogP contribution in [0.3, 0.4) is 0 Å². The molecule has 0 spiro atoms. The van der Waals surface area contributed by atoms with Crippen LogP contribution in [0.4, 0.5) is 0 Å². The first-order valence-corrected chi connectivity index (χ1v) is 23.1. The molecule has 6 aromatic rings. The van der Waals surface area contributed by atoms with E-state index in [-0.39, 0.29) is 40.9 Å². The van der Waals surface area contributed by atoms with E-state index >= 15 is 0 Å². The number of rotatable bonds is 7. The molecule has 0 unspecified atom stereocenters. The molecule has 16 heteroatoms. The molecule has 0 saturated carbocycles. The van der Waals surface area contributed by atoms with Crippen molar-refractivity contribution in [2.24, 2.45) is 0 Å². The number of imidazole rings is 1. The Bertz CT molecular complexity index is 2750. The van der Waals surface area contributed by atoms with Crippen LogP contribution in [-0.4, -0.2) is 118 Å². The summed E-state index contributed by atoms with van der Waals surface area (Å²) < 4.78 is 35.8. The number of likely N-dealkylation sites (tertiary alicyclic amines) is 2. The second-order valence-electron chi connectivity index (χ2n) is 17.3. The first-order valence-electron chi connectivity index (χ1n) is 20.8. The molecule has 9 rings (SSSR count). The topological polar surface area (TPSA) is 175 Å². The van der Waals surface area contributed by atoms with E-state index in [1.165, 1.54) is 0 Å². The number of benzene rings is 4. The van der Waals surface area contributed by atoms with Crippen molar-refractivity contribution in [1.29, 1.82) is 0 Å². The molecule has 0 bridgehead atoms. The van der Waals surface area contributed by atoms with Gasteiger partial charge in [0.05, 0.1) is 39.6 Å². The Balaban J connectivity index is 0.000000175. The van der Waals surface area contributed by atoms with Crippen LogP contribution in [0.2, 0.25) is 5.02 Å². The smallest absolute Gasteiger partial charge is 0.399 e. The summed E-state index contributed by atoms with van der Waals surface area (Å²) in [4.78, 5) is 39.7. The summed E-state index contributed by atoms with van der Waals surface area (Å²) in [5.74, 6) is -0.101. The minimum atomic E-state index is -3.49. The first kappa shape index (κ1) is 44.2. The summed E-state index contributed by atoms with van der Waals surface area (Å²) in [6.07, 6.45) is 1.49. The number of sulfone groups is 1. The molecule has 2 aromatic heterocycles. The summed E-state index contributed by atoms with van der Waals surface area (Å²) in [6, 6.07) is 32.4. The van der Waals surface area contributed by atoms with Crippen LogP contribution in [-0.2, 0) is 19.1 Å². The quantitative estimate of drug-likeness (QED) is 0.152. The van der Waals surface area contributed by atoms with Crippen molar-refractivity contribution < 1.29 is 37.5 Å². The largest absolute Gasteiger partial charge is 0.494 e. The Labute approximate surface area is 372 Å². The Morgan fingerprint density at radius 1 is 0.698 bits per heavy atom. The minimum Gasteiger partial charge on any atom is -0.399 e. The fourth-order valence-corrected chi connectivity index (χ4v) is 8.54. The van der Waals surface area contributed by atoms with Gasteiger partial charge in [0, 0.05) is 49.1 Å². The number of carbonyl (C=O) groups excluding carboxylic acids is 2. The molecule has 3 fully saturated rings. The summed E-state index contributed by atoms with van der Waals surface area (Å²) in [5.41, 5.74) is 7.52. The number of aliphatic hydroxyl groups excluding tert-OH is 2. The summed E-state index contributed by atoms with van der Waals surface area (Å²) in [5, 5.41) is 19.5. The molecule has 3 N–H and O–H groups in total. The molecule has 2 amide bonds. The fourth-order valence-electron chi connectivity index (χ4n) is 7.73. The van der Waals surface area contributed by atoms with E-state index in [2.05, 4.69) is 15.0 Å².